The van der Waals surface area contributed by atoms with Gasteiger partial charge in [-0.3, -0.25) is 15.1 Å². The third-order valence-electron chi connectivity index (χ3n) is 6.18. The van der Waals surface area contributed by atoms with Crippen molar-refractivity contribution in [3.8, 4) is 0 Å². The van der Waals surface area contributed by atoms with Crippen LogP contribution < -0.4 is 11.2 Å². The first-order chi connectivity index (χ1) is 13.2. The SMILES string of the molecule is NC(=O)C1=CC(c2ccccc2)(C2CC(c3nnc(C4CCC4)o3)C2)ON1. The van der Waals surface area contributed by atoms with Crippen molar-refractivity contribution in [2.75, 3.05) is 0 Å². The minimum Gasteiger partial charge on any atom is -0.425 e. The Hall–Kier alpha value is -2.67. The van der Waals surface area contributed by atoms with Crippen molar-refractivity contribution in [2.24, 2.45) is 11.7 Å². The summed E-state index contributed by atoms with van der Waals surface area (Å²) in [6.07, 6.45) is 7.06. The predicted molar refractivity (Wildman–Crippen MR) is 96.0 cm³/mol. The van der Waals surface area contributed by atoms with Gasteiger partial charge in [0.25, 0.3) is 5.91 Å². The van der Waals surface area contributed by atoms with Gasteiger partial charge in [-0.2, -0.15) is 0 Å². The van der Waals surface area contributed by atoms with Crippen LogP contribution in [0.4, 0.5) is 0 Å². The average molecular weight is 366 g/mol. The quantitative estimate of drug-likeness (QED) is 0.843. The number of hydrogen-bond acceptors (Lipinski definition) is 6. The highest BCUT2D eigenvalue weighted by Gasteiger charge is 2.52. The topological polar surface area (TPSA) is 103 Å². The van der Waals surface area contributed by atoms with E-state index >= 15 is 0 Å². The Bertz CT molecular complexity index is 884. The van der Waals surface area contributed by atoms with Gasteiger partial charge in [0, 0.05) is 17.8 Å². The number of carbonyl (C=O) groups excluding carboxylic acids is 1. The molecule has 0 spiro atoms. The summed E-state index contributed by atoms with van der Waals surface area (Å²) in [6.45, 7) is 0. The summed E-state index contributed by atoms with van der Waals surface area (Å²) in [4.78, 5) is 17.6. The number of benzene rings is 1. The highest BCUT2D eigenvalue weighted by molar-refractivity contribution is 5.91. The Morgan fingerprint density at radius 1 is 1.11 bits per heavy atom. The lowest BCUT2D eigenvalue weighted by molar-refractivity contribution is -0.122. The van der Waals surface area contributed by atoms with Gasteiger partial charge in [-0.15, -0.1) is 10.2 Å². The lowest BCUT2D eigenvalue weighted by Gasteiger charge is -2.43. The lowest BCUT2D eigenvalue weighted by atomic mass is 9.64. The van der Waals surface area contributed by atoms with Crippen LogP contribution in [-0.4, -0.2) is 16.1 Å². The van der Waals surface area contributed by atoms with Crippen LogP contribution in [0.2, 0.25) is 0 Å². The van der Waals surface area contributed by atoms with Crippen LogP contribution in [0.1, 0.15) is 61.3 Å². The van der Waals surface area contributed by atoms with Crippen molar-refractivity contribution in [1.29, 1.82) is 0 Å². The largest absolute Gasteiger partial charge is 0.425 e. The first-order valence-electron chi connectivity index (χ1n) is 9.51. The maximum absolute atomic E-state index is 11.6. The van der Waals surface area contributed by atoms with Crippen molar-refractivity contribution in [1.82, 2.24) is 15.7 Å². The number of nitrogens with one attached hydrogen (secondary N) is 1. The van der Waals surface area contributed by atoms with E-state index in [1.54, 1.807) is 0 Å². The summed E-state index contributed by atoms with van der Waals surface area (Å²) < 4.78 is 5.93. The number of nitrogens with zero attached hydrogens (tertiary/aromatic N) is 2. The molecule has 2 saturated carbocycles. The summed E-state index contributed by atoms with van der Waals surface area (Å²) in [5, 5.41) is 8.52. The number of hydrogen-bond donors (Lipinski definition) is 2. The zero-order chi connectivity index (χ0) is 18.4. The zero-order valence-corrected chi connectivity index (χ0v) is 14.9. The van der Waals surface area contributed by atoms with Crippen molar-refractivity contribution >= 4 is 5.91 Å². The molecule has 7 nitrogen and oxygen atoms in total. The molecule has 1 aromatic heterocycles. The van der Waals surface area contributed by atoms with E-state index in [0.29, 0.717) is 11.6 Å². The fourth-order valence-electron chi connectivity index (χ4n) is 4.21. The van der Waals surface area contributed by atoms with Crippen molar-refractivity contribution in [3.63, 3.8) is 0 Å². The van der Waals surface area contributed by atoms with Gasteiger partial charge in [-0.05, 0) is 37.3 Å². The van der Waals surface area contributed by atoms with E-state index in [4.69, 9.17) is 15.0 Å². The number of hydroxylamine groups is 1. The van der Waals surface area contributed by atoms with Gasteiger partial charge in [0.05, 0.1) is 0 Å². The van der Waals surface area contributed by atoms with Crippen LogP contribution in [0.25, 0.3) is 0 Å². The van der Waals surface area contributed by atoms with Crippen LogP contribution in [-0.2, 0) is 15.2 Å². The van der Waals surface area contributed by atoms with Gasteiger partial charge in [0.15, 0.2) is 0 Å². The van der Waals surface area contributed by atoms with Crippen LogP contribution in [0.3, 0.4) is 0 Å². The minimum atomic E-state index is -0.709. The van der Waals surface area contributed by atoms with E-state index in [1.165, 1.54) is 6.42 Å². The summed E-state index contributed by atoms with van der Waals surface area (Å²) in [6, 6.07) is 9.92. The molecule has 140 valence electrons. The number of rotatable bonds is 5. The summed E-state index contributed by atoms with van der Waals surface area (Å²) >= 11 is 0. The molecule has 27 heavy (non-hydrogen) atoms. The number of carbonyl (C=O) groups is 1. The number of nitrogens with two attached hydrogens (primary N) is 1. The van der Waals surface area contributed by atoms with Gasteiger partial charge >= 0.3 is 0 Å². The summed E-state index contributed by atoms with van der Waals surface area (Å²) in [7, 11) is 0. The van der Waals surface area contributed by atoms with Crippen molar-refractivity contribution < 1.29 is 14.0 Å². The maximum atomic E-state index is 11.6. The van der Waals surface area contributed by atoms with Gasteiger partial charge in [-0.1, -0.05) is 36.8 Å². The third-order valence-corrected chi connectivity index (χ3v) is 6.18. The van der Waals surface area contributed by atoms with Gasteiger partial charge in [0.1, 0.15) is 11.3 Å². The van der Waals surface area contributed by atoms with E-state index in [-0.39, 0.29) is 11.8 Å². The molecule has 3 N–H and O–H groups in total. The van der Waals surface area contributed by atoms with Crippen molar-refractivity contribution in [2.45, 2.75) is 49.5 Å². The molecule has 2 aromatic rings. The molecule has 1 aromatic carbocycles. The maximum Gasteiger partial charge on any atom is 0.266 e. The minimum absolute atomic E-state index is 0.188. The van der Waals surface area contributed by atoms with E-state index in [1.807, 2.05) is 36.4 Å². The molecule has 0 saturated heterocycles. The van der Waals surface area contributed by atoms with Gasteiger partial charge in [0.2, 0.25) is 11.8 Å². The van der Waals surface area contributed by atoms with Crippen LogP contribution in [0.15, 0.2) is 46.5 Å². The Morgan fingerprint density at radius 2 is 1.81 bits per heavy atom. The smallest absolute Gasteiger partial charge is 0.266 e. The molecule has 2 aliphatic carbocycles. The molecule has 0 radical (unpaired) electrons. The fourth-order valence-corrected chi connectivity index (χ4v) is 4.21. The third kappa shape index (κ3) is 2.65. The number of primary amides is 1. The normalized spacial score (nSPS) is 30.1. The fraction of sp³-hybridized carbons (Fsp3) is 0.450. The molecular weight excluding hydrogens is 344 g/mol. The Labute approximate surface area is 156 Å². The number of aromatic nitrogens is 2. The van der Waals surface area contributed by atoms with Gasteiger partial charge < -0.3 is 10.2 Å². The standard InChI is InChI=1S/C20H22N4O3/c21-17(25)16-11-20(27-24-16,14-7-2-1-3-8-14)15-9-13(10-15)19-23-22-18(26-19)12-5-4-6-12/h1-3,7-8,11-13,15,24H,4-6,9-10H2,(H2,21,25). The average Bonchev–Trinajstić information content (AvgIpc) is 3.22. The van der Waals surface area contributed by atoms with Crippen LogP contribution in [0.5, 0.6) is 0 Å². The lowest BCUT2D eigenvalue weighted by Crippen LogP contribution is -2.42. The van der Waals surface area contributed by atoms with Crippen LogP contribution >= 0.6 is 0 Å². The summed E-state index contributed by atoms with van der Waals surface area (Å²) in [5.41, 5.74) is 8.75. The molecule has 1 amide bonds. The van der Waals surface area contributed by atoms with Crippen LogP contribution in [0, 0.1) is 5.92 Å². The highest BCUT2D eigenvalue weighted by atomic mass is 16.7. The first kappa shape index (κ1) is 16.5. The monoisotopic (exact) mass is 366 g/mol. The Kier molecular flexibility index (Phi) is 3.79. The molecule has 0 bridgehead atoms. The predicted octanol–water partition coefficient (Wildman–Crippen LogP) is 2.63. The highest BCUT2D eigenvalue weighted by Crippen LogP contribution is 2.54. The molecule has 2 heterocycles. The van der Waals surface area contributed by atoms with E-state index in [9.17, 15) is 4.79 Å². The molecule has 2 fully saturated rings. The molecule has 3 aliphatic rings. The molecule has 5 rings (SSSR count). The summed E-state index contributed by atoms with van der Waals surface area (Å²) in [5.74, 6) is 1.85. The van der Waals surface area contributed by atoms with E-state index in [2.05, 4.69) is 15.7 Å². The first-order valence-corrected chi connectivity index (χ1v) is 9.51. The van der Waals surface area contributed by atoms with Crippen molar-refractivity contribution in [3.05, 3.63) is 59.4 Å². The second kappa shape index (κ2) is 6.20. The molecule has 1 aliphatic heterocycles. The molecule has 1 unspecified atom stereocenters. The van der Waals surface area contributed by atoms with E-state index in [0.717, 1.165) is 43.0 Å². The van der Waals surface area contributed by atoms with Gasteiger partial charge in [-0.25, -0.2) is 0 Å². The second-order valence-corrected chi connectivity index (χ2v) is 7.76. The Morgan fingerprint density at radius 3 is 2.41 bits per heavy atom. The molecule has 1 atom stereocenters. The van der Waals surface area contributed by atoms with E-state index < -0.39 is 11.5 Å². The Balaban J connectivity index is 1.37. The molecule has 7 heteroatoms. The number of amides is 1. The zero-order valence-electron chi connectivity index (χ0n) is 14.9. The second-order valence-electron chi connectivity index (χ2n) is 7.76. The molecular formula is C20H22N4O3.